The topological polar surface area (TPSA) is 80.6 Å². The van der Waals surface area contributed by atoms with Crippen molar-refractivity contribution in [3.05, 3.63) is 65.6 Å². The molecular formula is C28H32FN3O4S. The normalized spacial score (nSPS) is 12.6. The third-order valence-corrected chi connectivity index (χ3v) is 7.48. The summed E-state index contributed by atoms with van der Waals surface area (Å²) in [5.74, 6) is 2.17. The van der Waals surface area contributed by atoms with Crippen LogP contribution in [-0.2, 0) is 21.3 Å². The number of sulfonamides is 1. The second-order valence-corrected chi connectivity index (χ2v) is 11.9. The molecule has 0 bridgehead atoms. The lowest BCUT2D eigenvalue weighted by molar-refractivity contribution is 0.0534. The zero-order valence-electron chi connectivity index (χ0n) is 21.9. The summed E-state index contributed by atoms with van der Waals surface area (Å²) in [6.45, 7) is 6.98. The predicted octanol–water partition coefficient (Wildman–Crippen LogP) is 5.23. The maximum Gasteiger partial charge on any atom is 0.407 e. The van der Waals surface area contributed by atoms with Crippen molar-refractivity contribution >= 4 is 27.0 Å². The summed E-state index contributed by atoms with van der Waals surface area (Å²) in [5, 5.41) is 3.30. The number of fused-ring (bicyclic) bond motifs is 1. The van der Waals surface area contributed by atoms with Crippen LogP contribution in [0.1, 0.15) is 32.0 Å². The van der Waals surface area contributed by atoms with Crippen LogP contribution in [0.3, 0.4) is 0 Å². The average molecular weight is 526 g/mol. The first kappa shape index (κ1) is 28.0. The summed E-state index contributed by atoms with van der Waals surface area (Å²) < 4.78 is 48.6. The number of hydrogen-bond donors (Lipinski definition) is 1. The van der Waals surface area contributed by atoms with Crippen molar-refractivity contribution in [2.75, 3.05) is 20.6 Å². The Hall–Kier alpha value is -3.61. The summed E-state index contributed by atoms with van der Waals surface area (Å²) in [4.78, 5) is 12.0. The van der Waals surface area contributed by atoms with Gasteiger partial charge >= 0.3 is 6.09 Å². The molecule has 0 aliphatic carbocycles. The molecule has 1 amide bonds. The van der Waals surface area contributed by atoms with Crippen LogP contribution in [0.4, 0.5) is 9.18 Å². The molecule has 0 spiro atoms. The molecule has 0 atom stereocenters. The quantitative estimate of drug-likeness (QED) is 0.429. The van der Waals surface area contributed by atoms with E-state index < -0.39 is 27.5 Å². The highest BCUT2D eigenvalue weighted by Crippen LogP contribution is 2.36. The smallest absolute Gasteiger partial charge is 0.407 e. The standard InChI is InChI=1S/C28H32FN3O4S/c1-8-20-12-13-25-24(16-20)26(21-10-9-11-23(17-21)37(34,35)31(6)7)19(2)32(25)18-22(29)14-15-30-27(33)36-28(3,4)5/h1,9-14,16-17H,15,18H2,2-7H3,(H,30,33)/b22-14-. The summed E-state index contributed by atoms with van der Waals surface area (Å²) in [6, 6.07) is 12.1. The average Bonchev–Trinajstić information content (AvgIpc) is 3.08. The van der Waals surface area contributed by atoms with Crippen molar-refractivity contribution in [2.45, 2.75) is 44.7 Å². The van der Waals surface area contributed by atoms with Crippen molar-refractivity contribution in [3.63, 3.8) is 0 Å². The highest BCUT2D eigenvalue weighted by molar-refractivity contribution is 7.89. The number of allylic oxidation sites excluding steroid dienone is 1. The van der Waals surface area contributed by atoms with E-state index in [9.17, 15) is 17.6 Å². The zero-order valence-corrected chi connectivity index (χ0v) is 22.7. The van der Waals surface area contributed by atoms with Crippen molar-refractivity contribution < 1.29 is 22.3 Å². The molecule has 1 heterocycles. The third kappa shape index (κ3) is 6.40. The molecule has 0 aliphatic heterocycles. The van der Waals surface area contributed by atoms with Gasteiger partial charge in [0.25, 0.3) is 0 Å². The minimum Gasteiger partial charge on any atom is -0.444 e. The van der Waals surface area contributed by atoms with Gasteiger partial charge in [-0.15, -0.1) is 6.42 Å². The first-order valence-electron chi connectivity index (χ1n) is 11.7. The molecule has 0 unspecified atom stereocenters. The number of halogens is 1. The Morgan fingerprint density at radius 2 is 1.92 bits per heavy atom. The lowest BCUT2D eigenvalue weighted by atomic mass is 10.0. The fraction of sp³-hybridized carbons (Fsp3) is 0.321. The predicted molar refractivity (Wildman–Crippen MR) is 144 cm³/mol. The number of ether oxygens (including phenoxy) is 1. The van der Waals surface area contributed by atoms with Gasteiger partial charge in [-0.1, -0.05) is 18.1 Å². The number of carbonyl (C=O) groups is 1. The largest absolute Gasteiger partial charge is 0.444 e. The molecule has 196 valence electrons. The fourth-order valence-electron chi connectivity index (χ4n) is 3.94. The molecule has 0 fully saturated rings. The van der Waals surface area contributed by atoms with E-state index in [2.05, 4.69) is 11.2 Å². The maximum absolute atomic E-state index is 15.0. The van der Waals surface area contributed by atoms with Gasteiger partial charge in [-0.05, 0) is 69.7 Å². The second kappa shape index (κ2) is 10.8. The van der Waals surface area contributed by atoms with E-state index in [4.69, 9.17) is 11.2 Å². The monoisotopic (exact) mass is 525 g/mol. The van der Waals surface area contributed by atoms with Crippen molar-refractivity contribution in [1.29, 1.82) is 0 Å². The number of nitrogens with zero attached hydrogens (tertiary/aromatic N) is 2. The zero-order chi connectivity index (χ0) is 27.5. The molecule has 0 saturated carbocycles. The van der Waals surface area contributed by atoms with Gasteiger partial charge in [-0.25, -0.2) is 21.9 Å². The Bertz CT molecular complexity index is 1510. The summed E-state index contributed by atoms with van der Waals surface area (Å²) in [6.07, 6.45) is 6.29. The number of benzene rings is 2. The molecule has 2 aromatic carbocycles. The highest BCUT2D eigenvalue weighted by atomic mass is 32.2. The molecule has 37 heavy (non-hydrogen) atoms. The Balaban J connectivity index is 2.02. The number of aromatic nitrogens is 1. The number of nitrogens with one attached hydrogen (secondary N) is 1. The Morgan fingerprint density at radius 1 is 1.22 bits per heavy atom. The molecule has 7 nitrogen and oxygen atoms in total. The van der Waals surface area contributed by atoms with Crippen molar-refractivity contribution in [3.8, 4) is 23.5 Å². The number of rotatable bonds is 7. The van der Waals surface area contributed by atoms with Gasteiger partial charge < -0.3 is 14.6 Å². The van der Waals surface area contributed by atoms with Gasteiger partial charge in [0.1, 0.15) is 11.4 Å². The van der Waals surface area contributed by atoms with Crippen molar-refractivity contribution in [1.82, 2.24) is 14.2 Å². The summed E-state index contributed by atoms with van der Waals surface area (Å²) in [7, 11) is -0.693. The van der Waals surface area contributed by atoms with E-state index in [-0.39, 0.29) is 18.0 Å². The van der Waals surface area contributed by atoms with Crippen LogP contribution < -0.4 is 5.32 Å². The molecule has 1 aromatic heterocycles. The molecule has 1 N–H and O–H groups in total. The molecule has 9 heteroatoms. The maximum atomic E-state index is 15.0. The van der Waals surface area contributed by atoms with Crippen LogP contribution in [0.5, 0.6) is 0 Å². The van der Waals surface area contributed by atoms with Gasteiger partial charge in [-0.2, -0.15) is 0 Å². The van der Waals surface area contributed by atoms with E-state index in [1.165, 1.54) is 20.2 Å². The van der Waals surface area contributed by atoms with Crippen molar-refractivity contribution in [2.24, 2.45) is 0 Å². The Kier molecular flexibility index (Phi) is 8.16. The van der Waals surface area contributed by atoms with Crippen LogP contribution in [0.2, 0.25) is 0 Å². The van der Waals surface area contributed by atoms with Crippen LogP contribution in [-0.4, -0.2) is 49.6 Å². The van der Waals surface area contributed by atoms with E-state index in [1.807, 2.05) is 25.1 Å². The SMILES string of the molecule is C#Cc1ccc2c(c1)c(-c1cccc(S(=O)(=O)N(C)C)c1)c(C)n2C/C(F)=C/CNC(=O)OC(C)(C)C. The number of hydrogen-bond acceptors (Lipinski definition) is 4. The second-order valence-electron chi connectivity index (χ2n) is 9.77. The van der Waals surface area contributed by atoms with Gasteiger partial charge in [0.2, 0.25) is 10.0 Å². The summed E-state index contributed by atoms with van der Waals surface area (Å²) >= 11 is 0. The van der Waals surface area contributed by atoms with Crippen LogP contribution in [0.15, 0.2) is 59.3 Å². The Morgan fingerprint density at radius 3 is 2.54 bits per heavy atom. The third-order valence-electron chi connectivity index (χ3n) is 5.67. The van der Waals surface area contributed by atoms with E-state index >= 15 is 0 Å². The molecule has 0 saturated heterocycles. The lowest BCUT2D eigenvalue weighted by Crippen LogP contribution is -2.32. The number of alkyl carbamates (subject to hydrolysis) is 1. The Labute approximate surface area is 218 Å². The van der Waals surface area contributed by atoms with Gasteiger partial charge in [0, 0.05) is 48.4 Å². The molecule has 0 aliphatic rings. The minimum atomic E-state index is -3.65. The first-order valence-corrected chi connectivity index (χ1v) is 13.1. The number of amides is 1. The van der Waals surface area contributed by atoms with E-state index in [0.717, 1.165) is 26.5 Å². The molecule has 0 radical (unpaired) electrons. The molecule has 3 aromatic rings. The van der Waals surface area contributed by atoms with E-state index in [0.29, 0.717) is 11.1 Å². The van der Waals surface area contributed by atoms with Crippen LogP contribution in [0.25, 0.3) is 22.0 Å². The molecule has 3 rings (SSSR count). The fourth-order valence-corrected chi connectivity index (χ4v) is 4.89. The minimum absolute atomic E-state index is 0.0302. The summed E-state index contributed by atoms with van der Waals surface area (Å²) in [5.41, 5.74) is 2.94. The van der Waals surface area contributed by atoms with Crippen LogP contribution >= 0.6 is 0 Å². The number of terminal acetylenes is 1. The lowest BCUT2D eigenvalue weighted by Gasteiger charge is -2.19. The van der Waals surface area contributed by atoms with E-state index in [1.54, 1.807) is 49.6 Å². The molecular weight excluding hydrogens is 493 g/mol. The van der Waals surface area contributed by atoms with Crippen LogP contribution in [0, 0.1) is 19.3 Å². The van der Waals surface area contributed by atoms with Gasteiger partial charge in [-0.3, -0.25) is 0 Å². The number of carbonyl (C=O) groups excluding carboxylic acids is 1. The van der Waals surface area contributed by atoms with Gasteiger partial charge in [0.15, 0.2) is 0 Å². The first-order chi connectivity index (χ1) is 17.2. The highest BCUT2D eigenvalue weighted by Gasteiger charge is 2.21. The van der Waals surface area contributed by atoms with Gasteiger partial charge in [0.05, 0.1) is 11.4 Å².